The lowest BCUT2D eigenvalue weighted by atomic mass is 9.88. The standard InChI is InChI=1S/C15H30N2/c1-10-6-7-14(13(10)4)16-15-8-12(3)17(5)9-11(15)2/h10-16H,6-9H2,1-5H3. The molecule has 0 bridgehead atoms. The number of rotatable bonds is 2. The molecule has 2 heteroatoms. The lowest BCUT2D eigenvalue weighted by Crippen LogP contribution is -2.53. The number of hydrogen-bond acceptors (Lipinski definition) is 2. The smallest absolute Gasteiger partial charge is 0.0122 e. The second-order valence-corrected chi connectivity index (χ2v) is 6.79. The molecule has 0 amide bonds. The molecular weight excluding hydrogens is 208 g/mol. The Morgan fingerprint density at radius 3 is 2.24 bits per heavy atom. The zero-order chi connectivity index (χ0) is 12.6. The van der Waals surface area contributed by atoms with Crippen LogP contribution in [0.4, 0.5) is 0 Å². The molecule has 0 aromatic heterocycles. The maximum absolute atomic E-state index is 3.97. The van der Waals surface area contributed by atoms with Crippen LogP contribution in [0.3, 0.4) is 0 Å². The molecule has 17 heavy (non-hydrogen) atoms. The average Bonchev–Trinajstić information content (AvgIpc) is 2.58. The number of piperidine rings is 1. The van der Waals surface area contributed by atoms with Gasteiger partial charge in [0.25, 0.3) is 0 Å². The summed E-state index contributed by atoms with van der Waals surface area (Å²) < 4.78 is 0. The SMILES string of the molecule is CC1CN(C)C(C)CC1NC1CCC(C)C1C. The van der Waals surface area contributed by atoms with Crippen LogP contribution in [0.2, 0.25) is 0 Å². The predicted octanol–water partition coefficient (Wildman–Crippen LogP) is 2.74. The normalized spacial score (nSPS) is 48.5. The molecule has 0 spiro atoms. The molecule has 1 saturated carbocycles. The predicted molar refractivity (Wildman–Crippen MR) is 74.1 cm³/mol. The summed E-state index contributed by atoms with van der Waals surface area (Å²) in [5, 5.41) is 3.97. The zero-order valence-electron chi connectivity index (χ0n) is 12.2. The van der Waals surface area contributed by atoms with Gasteiger partial charge in [0, 0.05) is 24.7 Å². The fourth-order valence-electron chi connectivity index (χ4n) is 3.65. The Balaban J connectivity index is 1.90. The Morgan fingerprint density at radius 2 is 1.65 bits per heavy atom. The molecule has 2 fully saturated rings. The Labute approximate surface area is 107 Å². The molecule has 1 heterocycles. The molecule has 6 unspecified atom stereocenters. The summed E-state index contributed by atoms with van der Waals surface area (Å²) in [5.41, 5.74) is 0. The lowest BCUT2D eigenvalue weighted by Gasteiger charge is -2.41. The Kier molecular flexibility index (Phi) is 4.14. The van der Waals surface area contributed by atoms with Crippen LogP contribution in [0.25, 0.3) is 0 Å². The van der Waals surface area contributed by atoms with E-state index in [-0.39, 0.29) is 0 Å². The van der Waals surface area contributed by atoms with Crippen molar-refractivity contribution in [3.8, 4) is 0 Å². The summed E-state index contributed by atoms with van der Waals surface area (Å²) in [5.74, 6) is 2.56. The summed E-state index contributed by atoms with van der Waals surface area (Å²) >= 11 is 0. The molecule has 2 nitrogen and oxygen atoms in total. The van der Waals surface area contributed by atoms with Crippen molar-refractivity contribution >= 4 is 0 Å². The first-order chi connectivity index (χ1) is 7.99. The Hall–Kier alpha value is -0.0800. The molecule has 2 aliphatic rings. The van der Waals surface area contributed by atoms with Crippen LogP contribution in [0.15, 0.2) is 0 Å². The van der Waals surface area contributed by atoms with E-state index in [4.69, 9.17) is 0 Å². The van der Waals surface area contributed by atoms with Gasteiger partial charge in [-0.3, -0.25) is 0 Å². The molecule has 100 valence electrons. The fraction of sp³-hybridized carbons (Fsp3) is 1.00. The number of nitrogens with one attached hydrogen (secondary N) is 1. The van der Waals surface area contributed by atoms with Crippen LogP contribution in [0.1, 0.15) is 47.0 Å². The second kappa shape index (κ2) is 5.27. The van der Waals surface area contributed by atoms with Crippen molar-refractivity contribution in [2.45, 2.75) is 65.1 Å². The van der Waals surface area contributed by atoms with Gasteiger partial charge in [-0.15, -0.1) is 0 Å². The molecular formula is C15H30N2. The quantitative estimate of drug-likeness (QED) is 0.796. The lowest BCUT2D eigenvalue weighted by molar-refractivity contribution is 0.111. The first-order valence-electron chi connectivity index (χ1n) is 7.45. The van der Waals surface area contributed by atoms with Gasteiger partial charge < -0.3 is 10.2 Å². The van der Waals surface area contributed by atoms with Crippen LogP contribution in [-0.4, -0.2) is 36.6 Å². The molecule has 1 saturated heterocycles. The molecule has 6 atom stereocenters. The summed E-state index contributed by atoms with van der Waals surface area (Å²) in [6.07, 6.45) is 4.11. The van der Waals surface area contributed by atoms with Gasteiger partial charge in [0.1, 0.15) is 0 Å². The van der Waals surface area contributed by atoms with Crippen molar-refractivity contribution in [3.05, 3.63) is 0 Å². The van der Waals surface area contributed by atoms with E-state index in [1.165, 1.54) is 25.8 Å². The highest BCUT2D eigenvalue weighted by Gasteiger charge is 2.35. The third-order valence-corrected chi connectivity index (χ3v) is 5.50. The van der Waals surface area contributed by atoms with E-state index in [0.717, 1.165) is 35.9 Å². The molecule has 0 aromatic rings. The largest absolute Gasteiger partial charge is 0.311 e. The van der Waals surface area contributed by atoms with E-state index < -0.39 is 0 Å². The minimum absolute atomic E-state index is 0.734. The number of likely N-dealkylation sites (tertiary alicyclic amines) is 1. The molecule has 1 aliphatic carbocycles. The molecule has 2 rings (SSSR count). The topological polar surface area (TPSA) is 15.3 Å². The number of hydrogen-bond donors (Lipinski definition) is 1. The van der Waals surface area contributed by atoms with Gasteiger partial charge in [-0.25, -0.2) is 0 Å². The van der Waals surface area contributed by atoms with E-state index in [9.17, 15) is 0 Å². The van der Waals surface area contributed by atoms with E-state index in [0.29, 0.717) is 0 Å². The summed E-state index contributed by atoms with van der Waals surface area (Å²) in [4.78, 5) is 2.50. The van der Waals surface area contributed by atoms with Crippen LogP contribution >= 0.6 is 0 Å². The first kappa shape index (κ1) is 13.4. The van der Waals surface area contributed by atoms with Crippen LogP contribution in [-0.2, 0) is 0 Å². The second-order valence-electron chi connectivity index (χ2n) is 6.79. The zero-order valence-corrected chi connectivity index (χ0v) is 12.2. The van der Waals surface area contributed by atoms with Crippen molar-refractivity contribution in [3.63, 3.8) is 0 Å². The highest BCUT2D eigenvalue weighted by atomic mass is 15.2. The summed E-state index contributed by atoms with van der Waals surface area (Å²) in [6, 6.07) is 2.24. The van der Waals surface area contributed by atoms with E-state index in [1.54, 1.807) is 0 Å². The van der Waals surface area contributed by atoms with Gasteiger partial charge in [0.05, 0.1) is 0 Å². The monoisotopic (exact) mass is 238 g/mol. The van der Waals surface area contributed by atoms with E-state index in [2.05, 4.69) is 45.0 Å². The maximum atomic E-state index is 3.97. The molecule has 0 aromatic carbocycles. The van der Waals surface area contributed by atoms with Gasteiger partial charge in [-0.1, -0.05) is 20.8 Å². The summed E-state index contributed by atoms with van der Waals surface area (Å²) in [7, 11) is 2.26. The summed E-state index contributed by atoms with van der Waals surface area (Å²) in [6.45, 7) is 10.9. The Bertz CT molecular complexity index is 253. The van der Waals surface area contributed by atoms with Gasteiger partial charge in [0.15, 0.2) is 0 Å². The minimum Gasteiger partial charge on any atom is -0.311 e. The van der Waals surface area contributed by atoms with Gasteiger partial charge in [-0.05, 0) is 51.0 Å². The number of nitrogens with zero attached hydrogens (tertiary/aromatic N) is 1. The van der Waals surface area contributed by atoms with Crippen molar-refractivity contribution in [1.29, 1.82) is 0 Å². The van der Waals surface area contributed by atoms with Crippen molar-refractivity contribution < 1.29 is 0 Å². The first-order valence-corrected chi connectivity index (χ1v) is 7.45. The van der Waals surface area contributed by atoms with E-state index >= 15 is 0 Å². The van der Waals surface area contributed by atoms with Gasteiger partial charge in [-0.2, -0.15) is 0 Å². The minimum atomic E-state index is 0.734. The molecule has 1 aliphatic heterocycles. The van der Waals surface area contributed by atoms with Crippen LogP contribution < -0.4 is 5.32 Å². The van der Waals surface area contributed by atoms with Crippen molar-refractivity contribution in [2.75, 3.05) is 13.6 Å². The van der Waals surface area contributed by atoms with Crippen LogP contribution in [0, 0.1) is 17.8 Å². The van der Waals surface area contributed by atoms with E-state index in [1.807, 2.05) is 0 Å². The maximum Gasteiger partial charge on any atom is 0.0122 e. The molecule has 0 radical (unpaired) electrons. The highest BCUT2D eigenvalue weighted by Crippen LogP contribution is 2.32. The third kappa shape index (κ3) is 2.85. The third-order valence-electron chi connectivity index (χ3n) is 5.50. The van der Waals surface area contributed by atoms with Gasteiger partial charge >= 0.3 is 0 Å². The van der Waals surface area contributed by atoms with Crippen molar-refractivity contribution in [2.24, 2.45) is 17.8 Å². The highest BCUT2D eigenvalue weighted by molar-refractivity contribution is 4.92. The fourth-order valence-corrected chi connectivity index (χ4v) is 3.65. The van der Waals surface area contributed by atoms with Crippen molar-refractivity contribution in [1.82, 2.24) is 10.2 Å². The van der Waals surface area contributed by atoms with Gasteiger partial charge in [0.2, 0.25) is 0 Å². The average molecular weight is 238 g/mol. The van der Waals surface area contributed by atoms with Crippen LogP contribution in [0.5, 0.6) is 0 Å². The Morgan fingerprint density at radius 1 is 0.941 bits per heavy atom. The molecule has 1 N–H and O–H groups in total.